The van der Waals surface area contributed by atoms with E-state index in [0.29, 0.717) is 0 Å². The Hall–Kier alpha value is -0.0800. The summed E-state index contributed by atoms with van der Waals surface area (Å²) in [5, 5.41) is 3.64. The van der Waals surface area contributed by atoms with Gasteiger partial charge in [-0.15, -0.1) is 0 Å². The van der Waals surface area contributed by atoms with Gasteiger partial charge in [0.2, 0.25) is 0 Å². The van der Waals surface area contributed by atoms with Gasteiger partial charge in [0.15, 0.2) is 0 Å². The molecule has 0 radical (unpaired) electrons. The zero-order valence-electron chi connectivity index (χ0n) is 10.7. The van der Waals surface area contributed by atoms with Crippen molar-refractivity contribution in [2.75, 3.05) is 19.8 Å². The molecule has 0 amide bonds. The normalized spacial score (nSPS) is 32.8. The van der Waals surface area contributed by atoms with Gasteiger partial charge in [0.05, 0.1) is 6.61 Å². The van der Waals surface area contributed by atoms with Gasteiger partial charge in [-0.25, -0.2) is 0 Å². The maximum atomic E-state index is 5.66. The van der Waals surface area contributed by atoms with Gasteiger partial charge in [0.25, 0.3) is 0 Å². The molecule has 2 nitrogen and oxygen atoms in total. The first-order chi connectivity index (χ1) is 7.90. The molecule has 16 heavy (non-hydrogen) atoms. The van der Waals surface area contributed by atoms with Gasteiger partial charge in [0.1, 0.15) is 0 Å². The lowest BCUT2D eigenvalue weighted by Gasteiger charge is -2.35. The summed E-state index contributed by atoms with van der Waals surface area (Å²) in [7, 11) is 0. The van der Waals surface area contributed by atoms with Crippen molar-refractivity contribution < 1.29 is 4.74 Å². The Morgan fingerprint density at radius 2 is 1.94 bits per heavy atom. The van der Waals surface area contributed by atoms with Crippen LogP contribution in [0.4, 0.5) is 0 Å². The standard InChI is InChI=1S/C14H27NO/c1-2-15-14-8-9-16-11-13(14)10-12-6-4-3-5-7-12/h12-15H,2-11H2,1H3. The second kappa shape index (κ2) is 6.61. The van der Waals surface area contributed by atoms with Gasteiger partial charge in [-0.2, -0.15) is 0 Å². The number of hydrogen-bond acceptors (Lipinski definition) is 2. The Morgan fingerprint density at radius 1 is 1.12 bits per heavy atom. The molecular weight excluding hydrogens is 198 g/mol. The highest BCUT2D eigenvalue weighted by Crippen LogP contribution is 2.31. The molecule has 0 aromatic carbocycles. The van der Waals surface area contributed by atoms with Crippen LogP contribution in [0.3, 0.4) is 0 Å². The van der Waals surface area contributed by atoms with Crippen LogP contribution >= 0.6 is 0 Å². The highest BCUT2D eigenvalue weighted by Gasteiger charge is 2.28. The van der Waals surface area contributed by atoms with Crippen molar-refractivity contribution in [3.05, 3.63) is 0 Å². The van der Waals surface area contributed by atoms with Crippen LogP contribution in [0.25, 0.3) is 0 Å². The Balaban J connectivity index is 1.80. The number of nitrogens with one attached hydrogen (secondary N) is 1. The fraction of sp³-hybridized carbons (Fsp3) is 1.00. The minimum atomic E-state index is 0.723. The van der Waals surface area contributed by atoms with Gasteiger partial charge in [-0.1, -0.05) is 39.0 Å². The van der Waals surface area contributed by atoms with Crippen LogP contribution in [0.1, 0.15) is 51.9 Å². The molecule has 2 atom stereocenters. The fourth-order valence-corrected chi connectivity index (χ4v) is 3.41. The third-order valence-corrected chi connectivity index (χ3v) is 4.30. The van der Waals surface area contributed by atoms with Crippen LogP contribution in [0.5, 0.6) is 0 Å². The van der Waals surface area contributed by atoms with Crippen LogP contribution in [-0.4, -0.2) is 25.8 Å². The van der Waals surface area contributed by atoms with E-state index >= 15 is 0 Å². The van der Waals surface area contributed by atoms with Gasteiger partial charge in [-0.05, 0) is 31.2 Å². The topological polar surface area (TPSA) is 21.3 Å². The SMILES string of the molecule is CCNC1CCOCC1CC1CCCCC1. The Bertz CT molecular complexity index is 187. The molecule has 0 spiro atoms. The van der Waals surface area contributed by atoms with Crippen molar-refractivity contribution >= 4 is 0 Å². The minimum Gasteiger partial charge on any atom is -0.381 e. The van der Waals surface area contributed by atoms with Crippen LogP contribution in [0.2, 0.25) is 0 Å². The first kappa shape index (κ1) is 12.4. The monoisotopic (exact) mass is 225 g/mol. The van der Waals surface area contributed by atoms with Crippen molar-refractivity contribution in [2.45, 2.75) is 57.9 Å². The average Bonchev–Trinajstić information content (AvgIpc) is 2.33. The largest absolute Gasteiger partial charge is 0.381 e. The lowest BCUT2D eigenvalue weighted by molar-refractivity contribution is 0.0203. The zero-order chi connectivity index (χ0) is 11.2. The molecule has 2 heteroatoms. The smallest absolute Gasteiger partial charge is 0.0509 e. The molecule has 2 unspecified atom stereocenters. The molecule has 1 aliphatic carbocycles. The fourth-order valence-electron chi connectivity index (χ4n) is 3.41. The van der Waals surface area contributed by atoms with Crippen molar-refractivity contribution in [1.29, 1.82) is 0 Å². The molecule has 94 valence electrons. The van der Waals surface area contributed by atoms with E-state index in [4.69, 9.17) is 4.74 Å². The molecule has 2 rings (SSSR count). The molecule has 1 saturated heterocycles. The molecular formula is C14H27NO. The molecule has 1 N–H and O–H groups in total. The van der Waals surface area contributed by atoms with Crippen LogP contribution in [-0.2, 0) is 4.74 Å². The molecule has 0 aromatic heterocycles. The van der Waals surface area contributed by atoms with Gasteiger partial charge in [-0.3, -0.25) is 0 Å². The lowest BCUT2D eigenvalue weighted by Crippen LogP contribution is -2.43. The van der Waals surface area contributed by atoms with E-state index in [1.807, 2.05) is 0 Å². The first-order valence-corrected chi connectivity index (χ1v) is 7.21. The molecule has 1 saturated carbocycles. The van der Waals surface area contributed by atoms with Gasteiger partial charge >= 0.3 is 0 Å². The summed E-state index contributed by atoms with van der Waals surface area (Å²) in [5.41, 5.74) is 0. The predicted molar refractivity (Wildman–Crippen MR) is 67.6 cm³/mol. The average molecular weight is 225 g/mol. The minimum absolute atomic E-state index is 0.723. The molecule has 0 bridgehead atoms. The Labute approximate surface area is 100 Å². The zero-order valence-corrected chi connectivity index (χ0v) is 10.7. The second-order valence-corrected chi connectivity index (χ2v) is 5.53. The quantitative estimate of drug-likeness (QED) is 0.794. The maximum Gasteiger partial charge on any atom is 0.0509 e. The van der Waals surface area contributed by atoms with Crippen molar-refractivity contribution in [3.63, 3.8) is 0 Å². The van der Waals surface area contributed by atoms with Crippen LogP contribution < -0.4 is 5.32 Å². The number of ether oxygens (including phenoxy) is 1. The summed E-state index contributed by atoms with van der Waals surface area (Å²) in [6, 6.07) is 0.723. The van der Waals surface area contributed by atoms with E-state index in [9.17, 15) is 0 Å². The molecule has 1 aliphatic heterocycles. The van der Waals surface area contributed by atoms with Gasteiger partial charge in [0, 0.05) is 12.6 Å². The number of hydrogen-bond donors (Lipinski definition) is 1. The van der Waals surface area contributed by atoms with E-state index in [-0.39, 0.29) is 0 Å². The molecule has 1 heterocycles. The van der Waals surface area contributed by atoms with Gasteiger partial charge < -0.3 is 10.1 Å². The summed E-state index contributed by atoms with van der Waals surface area (Å²) < 4.78 is 5.66. The predicted octanol–water partition coefficient (Wildman–Crippen LogP) is 2.97. The molecule has 2 aliphatic rings. The van der Waals surface area contributed by atoms with E-state index in [0.717, 1.165) is 37.6 Å². The highest BCUT2D eigenvalue weighted by atomic mass is 16.5. The van der Waals surface area contributed by atoms with E-state index in [1.165, 1.54) is 44.9 Å². The summed E-state index contributed by atoms with van der Waals surface area (Å²) in [6.45, 7) is 5.27. The van der Waals surface area contributed by atoms with Crippen molar-refractivity contribution in [1.82, 2.24) is 5.32 Å². The Morgan fingerprint density at radius 3 is 2.69 bits per heavy atom. The summed E-state index contributed by atoms with van der Waals surface area (Å²) in [4.78, 5) is 0. The van der Waals surface area contributed by atoms with Crippen LogP contribution in [0.15, 0.2) is 0 Å². The van der Waals surface area contributed by atoms with Crippen LogP contribution in [0, 0.1) is 11.8 Å². The summed E-state index contributed by atoms with van der Waals surface area (Å²) in [6.07, 6.45) is 9.94. The highest BCUT2D eigenvalue weighted by molar-refractivity contribution is 4.82. The van der Waals surface area contributed by atoms with E-state index < -0.39 is 0 Å². The van der Waals surface area contributed by atoms with Crippen molar-refractivity contribution in [3.8, 4) is 0 Å². The maximum absolute atomic E-state index is 5.66. The first-order valence-electron chi connectivity index (χ1n) is 7.21. The second-order valence-electron chi connectivity index (χ2n) is 5.53. The third-order valence-electron chi connectivity index (χ3n) is 4.30. The van der Waals surface area contributed by atoms with Crippen molar-refractivity contribution in [2.24, 2.45) is 11.8 Å². The molecule has 0 aromatic rings. The third kappa shape index (κ3) is 3.46. The lowest BCUT2D eigenvalue weighted by atomic mass is 9.79. The van der Waals surface area contributed by atoms with E-state index in [1.54, 1.807) is 0 Å². The summed E-state index contributed by atoms with van der Waals surface area (Å²) >= 11 is 0. The number of rotatable bonds is 4. The molecule has 2 fully saturated rings. The summed E-state index contributed by atoms with van der Waals surface area (Å²) in [5.74, 6) is 1.76. The van der Waals surface area contributed by atoms with E-state index in [2.05, 4.69) is 12.2 Å². The Kier molecular flexibility index (Phi) is 5.11.